The Balaban J connectivity index is 2.16. The molecule has 0 fully saturated rings. The van der Waals surface area contributed by atoms with Gasteiger partial charge in [0, 0.05) is 5.69 Å². The lowest BCUT2D eigenvalue weighted by atomic mass is 10.1. The zero-order valence-corrected chi connectivity index (χ0v) is 12.8. The van der Waals surface area contributed by atoms with Crippen molar-refractivity contribution in [2.45, 2.75) is 26.2 Å². The summed E-state index contributed by atoms with van der Waals surface area (Å²) in [6.07, 6.45) is 3.17. The molecule has 0 aromatic heterocycles. The number of aryl methyl sites for hydroxylation is 1. The highest BCUT2D eigenvalue weighted by atomic mass is 19.1. The van der Waals surface area contributed by atoms with Crippen LogP contribution in [-0.2, 0) is 6.42 Å². The summed E-state index contributed by atoms with van der Waals surface area (Å²) >= 11 is 0. The number of hydrogen-bond donors (Lipinski definition) is 2. The van der Waals surface area contributed by atoms with Crippen molar-refractivity contribution in [1.82, 2.24) is 0 Å². The molecule has 1 amide bonds. The van der Waals surface area contributed by atoms with Crippen LogP contribution in [0.4, 0.5) is 10.1 Å². The largest absolute Gasteiger partial charge is 0.478 e. The number of carbonyl (C=O) groups excluding carboxylic acids is 1. The highest BCUT2D eigenvalue weighted by molar-refractivity contribution is 6.10. The van der Waals surface area contributed by atoms with Gasteiger partial charge in [0.2, 0.25) is 0 Å². The summed E-state index contributed by atoms with van der Waals surface area (Å²) in [6, 6.07) is 10.4. The summed E-state index contributed by atoms with van der Waals surface area (Å²) < 4.78 is 13.3. The summed E-state index contributed by atoms with van der Waals surface area (Å²) in [5.41, 5.74) is 1.27. The topological polar surface area (TPSA) is 66.4 Å². The molecule has 0 aliphatic carbocycles. The summed E-state index contributed by atoms with van der Waals surface area (Å²) in [4.78, 5) is 23.3. The van der Waals surface area contributed by atoms with Crippen molar-refractivity contribution in [3.63, 3.8) is 0 Å². The number of carboxylic acid groups (broad SMARTS) is 1. The first kappa shape index (κ1) is 16.7. The highest BCUT2D eigenvalue weighted by Crippen LogP contribution is 2.16. The van der Waals surface area contributed by atoms with Crippen LogP contribution in [0.1, 0.15) is 46.0 Å². The van der Waals surface area contributed by atoms with Crippen molar-refractivity contribution in [2.75, 3.05) is 5.32 Å². The molecule has 2 aromatic carbocycles. The normalized spacial score (nSPS) is 10.3. The number of unbranched alkanes of at least 4 members (excludes halogenated alkanes) is 1. The van der Waals surface area contributed by atoms with Crippen LogP contribution in [-0.4, -0.2) is 17.0 Å². The van der Waals surface area contributed by atoms with E-state index in [9.17, 15) is 14.0 Å². The minimum atomic E-state index is -1.27. The Labute approximate surface area is 134 Å². The van der Waals surface area contributed by atoms with Crippen molar-refractivity contribution in [1.29, 1.82) is 0 Å². The van der Waals surface area contributed by atoms with Gasteiger partial charge in [0.05, 0.1) is 11.1 Å². The fourth-order valence-electron chi connectivity index (χ4n) is 2.22. The third-order valence-electron chi connectivity index (χ3n) is 3.49. The fraction of sp³-hybridized carbons (Fsp3) is 0.222. The average Bonchev–Trinajstić information content (AvgIpc) is 2.53. The molecule has 2 aromatic rings. The molecule has 0 unspecified atom stereocenters. The maximum atomic E-state index is 13.3. The van der Waals surface area contributed by atoms with E-state index in [0.29, 0.717) is 5.69 Å². The van der Waals surface area contributed by atoms with Crippen molar-refractivity contribution in [3.05, 3.63) is 65.0 Å². The molecular weight excluding hydrogens is 297 g/mol. The molecule has 120 valence electrons. The van der Waals surface area contributed by atoms with E-state index in [4.69, 9.17) is 5.11 Å². The van der Waals surface area contributed by atoms with Crippen molar-refractivity contribution >= 4 is 17.6 Å². The third-order valence-corrected chi connectivity index (χ3v) is 3.49. The van der Waals surface area contributed by atoms with Crippen LogP contribution in [0.25, 0.3) is 0 Å². The van der Waals surface area contributed by atoms with Crippen LogP contribution in [0, 0.1) is 5.82 Å². The van der Waals surface area contributed by atoms with Crippen LogP contribution in [0.2, 0.25) is 0 Å². The van der Waals surface area contributed by atoms with Gasteiger partial charge in [-0.1, -0.05) is 25.5 Å². The fourth-order valence-corrected chi connectivity index (χ4v) is 2.22. The maximum Gasteiger partial charge on any atom is 0.336 e. The molecule has 0 saturated heterocycles. The zero-order chi connectivity index (χ0) is 16.8. The van der Waals surface area contributed by atoms with E-state index in [2.05, 4.69) is 12.2 Å². The van der Waals surface area contributed by atoms with Gasteiger partial charge in [0.15, 0.2) is 0 Å². The molecule has 23 heavy (non-hydrogen) atoms. The van der Waals surface area contributed by atoms with Gasteiger partial charge in [0.1, 0.15) is 5.82 Å². The van der Waals surface area contributed by atoms with Crippen molar-refractivity contribution < 1.29 is 19.1 Å². The first-order chi connectivity index (χ1) is 11.0. The first-order valence-electron chi connectivity index (χ1n) is 7.44. The standard InChI is InChI=1S/C18H18FNO3/c1-2-3-4-12-5-8-14(9-6-12)20-17(21)16-11-13(19)7-10-15(16)18(22)23/h5-11H,2-4H2,1H3,(H,20,21)(H,22,23). The Kier molecular flexibility index (Phi) is 5.46. The van der Waals surface area contributed by atoms with Gasteiger partial charge in [0.25, 0.3) is 5.91 Å². The second kappa shape index (κ2) is 7.54. The molecule has 0 radical (unpaired) electrons. The Hall–Kier alpha value is -2.69. The molecule has 0 atom stereocenters. The minimum absolute atomic E-state index is 0.201. The summed E-state index contributed by atoms with van der Waals surface area (Å²) in [5.74, 6) is -2.58. The molecule has 5 heteroatoms. The van der Waals surface area contributed by atoms with Gasteiger partial charge in [-0.05, 0) is 48.7 Å². The van der Waals surface area contributed by atoms with Crippen LogP contribution in [0.5, 0.6) is 0 Å². The number of rotatable bonds is 6. The monoisotopic (exact) mass is 315 g/mol. The van der Waals surface area contributed by atoms with Gasteiger partial charge >= 0.3 is 5.97 Å². The predicted molar refractivity (Wildman–Crippen MR) is 86.4 cm³/mol. The maximum absolute atomic E-state index is 13.3. The molecule has 4 nitrogen and oxygen atoms in total. The van der Waals surface area contributed by atoms with Crippen molar-refractivity contribution in [2.24, 2.45) is 0 Å². The van der Waals surface area contributed by atoms with E-state index in [-0.39, 0.29) is 11.1 Å². The Morgan fingerprint density at radius 1 is 1.09 bits per heavy atom. The second-order valence-electron chi connectivity index (χ2n) is 5.25. The quantitative estimate of drug-likeness (QED) is 0.842. The Morgan fingerprint density at radius 3 is 2.39 bits per heavy atom. The molecule has 0 spiro atoms. The molecule has 0 bridgehead atoms. The molecule has 2 rings (SSSR count). The lowest BCUT2D eigenvalue weighted by Crippen LogP contribution is -2.16. The Bertz CT molecular complexity index is 711. The zero-order valence-electron chi connectivity index (χ0n) is 12.8. The van der Waals surface area contributed by atoms with Gasteiger partial charge < -0.3 is 10.4 Å². The number of halogens is 1. The summed E-state index contributed by atoms with van der Waals surface area (Å²) in [7, 11) is 0. The number of carbonyl (C=O) groups is 2. The van der Waals surface area contributed by atoms with Crippen molar-refractivity contribution in [3.8, 4) is 0 Å². The predicted octanol–water partition coefficient (Wildman–Crippen LogP) is 4.12. The molecule has 2 N–H and O–H groups in total. The van der Waals surface area contributed by atoms with Crippen LogP contribution < -0.4 is 5.32 Å². The van der Waals surface area contributed by atoms with E-state index in [0.717, 1.165) is 37.5 Å². The smallest absolute Gasteiger partial charge is 0.336 e. The molecular formula is C18H18FNO3. The van der Waals surface area contributed by atoms with Gasteiger partial charge in [-0.15, -0.1) is 0 Å². The first-order valence-corrected chi connectivity index (χ1v) is 7.44. The number of hydrogen-bond acceptors (Lipinski definition) is 2. The number of aromatic carboxylic acids is 1. The number of nitrogens with one attached hydrogen (secondary N) is 1. The minimum Gasteiger partial charge on any atom is -0.478 e. The second-order valence-corrected chi connectivity index (χ2v) is 5.25. The number of carboxylic acids is 1. The summed E-state index contributed by atoms with van der Waals surface area (Å²) in [5, 5.41) is 11.7. The van der Waals surface area contributed by atoms with Gasteiger partial charge in [-0.2, -0.15) is 0 Å². The van der Waals surface area contributed by atoms with E-state index >= 15 is 0 Å². The summed E-state index contributed by atoms with van der Waals surface area (Å²) in [6.45, 7) is 2.12. The van der Waals surface area contributed by atoms with Crippen LogP contribution in [0.15, 0.2) is 42.5 Å². The van der Waals surface area contributed by atoms with Gasteiger partial charge in [-0.3, -0.25) is 4.79 Å². The number of benzene rings is 2. The number of amides is 1. The third kappa shape index (κ3) is 4.39. The molecule has 0 aliphatic rings. The Morgan fingerprint density at radius 2 is 1.78 bits per heavy atom. The molecule has 0 heterocycles. The van der Waals surface area contributed by atoms with E-state index in [1.54, 1.807) is 12.1 Å². The van der Waals surface area contributed by atoms with Crippen LogP contribution >= 0.6 is 0 Å². The lowest BCUT2D eigenvalue weighted by molar-refractivity contribution is 0.0692. The lowest BCUT2D eigenvalue weighted by Gasteiger charge is -2.09. The van der Waals surface area contributed by atoms with E-state index < -0.39 is 17.7 Å². The van der Waals surface area contributed by atoms with Crippen LogP contribution in [0.3, 0.4) is 0 Å². The van der Waals surface area contributed by atoms with E-state index in [1.165, 1.54) is 5.56 Å². The number of anilines is 1. The SMILES string of the molecule is CCCCc1ccc(NC(=O)c2cc(F)ccc2C(=O)O)cc1. The average molecular weight is 315 g/mol. The molecule has 0 saturated carbocycles. The highest BCUT2D eigenvalue weighted by Gasteiger charge is 2.17. The van der Waals surface area contributed by atoms with E-state index in [1.807, 2.05) is 12.1 Å². The van der Waals surface area contributed by atoms with Gasteiger partial charge in [-0.25, -0.2) is 9.18 Å². The molecule has 0 aliphatic heterocycles.